The molecule has 0 aliphatic heterocycles. The quantitative estimate of drug-likeness (QED) is 0.730. The molecule has 4 nitrogen and oxygen atoms in total. The number of amides is 2. The molecular weight excluding hydrogens is 264 g/mol. The number of urea groups is 1. The molecular formula is C17H24N2O2. The van der Waals surface area contributed by atoms with Crippen molar-refractivity contribution in [2.45, 2.75) is 39.2 Å². The summed E-state index contributed by atoms with van der Waals surface area (Å²) in [5, 5.41) is 15.1. The van der Waals surface area contributed by atoms with E-state index in [9.17, 15) is 4.79 Å². The van der Waals surface area contributed by atoms with Crippen LogP contribution in [0.2, 0.25) is 0 Å². The first-order valence-electron chi connectivity index (χ1n) is 7.65. The Kier molecular flexibility index (Phi) is 5.39. The van der Waals surface area contributed by atoms with E-state index in [1.165, 1.54) is 0 Å². The Morgan fingerprint density at radius 2 is 1.90 bits per heavy atom. The van der Waals surface area contributed by atoms with Crippen LogP contribution in [0.4, 0.5) is 10.5 Å². The van der Waals surface area contributed by atoms with E-state index >= 15 is 0 Å². The van der Waals surface area contributed by atoms with Gasteiger partial charge in [0, 0.05) is 24.3 Å². The summed E-state index contributed by atoms with van der Waals surface area (Å²) in [5.74, 6) is 0.157. The molecule has 3 N–H and O–H groups in total. The second-order valence-electron chi connectivity index (χ2n) is 5.43. The van der Waals surface area contributed by atoms with E-state index < -0.39 is 0 Å². The summed E-state index contributed by atoms with van der Waals surface area (Å²) in [6, 6.07) is 5.95. The molecule has 0 spiro atoms. The van der Waals surface area contributed by atoms with Crippen molar-refractivity contribution in [3.8, 4) is 0 Å². The normalized spacial score (nSPS) is 20.5. The van der Waals surface area contributed by atoms with Gasteiger partial charge in [-0.2, -0.15) is 0 Å². The predicted octanol–water partition coefficient (Wildman–Crippen LogP) is 2.87. The summed E-state index contributed by atoms with van der Waals surface area (Å²) in [5.41, 5.74) is 3.24. The van der Waals surface area contributed by atoms with Gasteiger partial charge in [-0.15, -0.1) is 0 Å². The van der Waals surface area contributed by atoms with Crippen LogP contribution >= 0.6 is 0 Å². The zero-order valence-electron chi connectivity index (χ0n) is 12.7. The number of hydrogen-bond donors (Lipinski definition) is 3. The van der Waals surface area contributed by atoms with E-state index in [2.05, 4.69) is 24.5 Å². The molecule has 2 rings (SSSR count). The van der Waals surface area contributed by atoms with E-state index in [1.54, 1.807) is 0 Å². The Balaban J connectivity index is 2.01. The lowest BCUT2D eigenvalue weighted by Gasteiger charge is -2.17. The highest BCUT2D eigenvalue weighted by Crippen LogP contribution is 2.23. The van der Waals surface area contributed by atoms with Crippen LogP contribution in [0.15, 0.2) is 30.4 Å². The minimum Gasteiger partial charge on any atom is -0.396 e. The van der Waals surface area contributed by atoms with Crippen LogP contribution in [0.5, 0.6) is 0 Å². The average Bonchev–Trinajstić information content (AvgIpc) is 2.94. The van der Waals surface area contributed by atoms with Crippen LogP contribution in [-0.4, -0.2) is 23.8 Å². The van der Waals surface area contributed by atoms with Crippen LogP contribution in [0.25, 0.3) is 0 Å². The molecule has 0 saturated heterocycles. The minimum absolute atomic E-state index is 0.000940. The fourth-order valence-electron chi connectivity index (χ4n) is 2.74. The third-order valence-electron chi connectivity index (χ3n) is 3.96. The molecule has 1 aliphatic carbocycles. The van der Waals surface area contributed by atoms with Crippen LogP contribution in [0.1, 0.15) is 31.4 Å². The summed E-state index contributed by atoms with van der Waals surface area (Å²) < 4.78 is 0. The molecule has 0 bridgehead atoms. The van der Waals surface area contributed by atoms with Gasteiger partial charge in [0.15, 0.2) is 0 Å². The zero-order chi connectivity index (χ0) is 15.2. The third kappa shape index (κ3) is 3.85. The summed E-state index contributed by atoms with van der Waals surface area (Å²) in [4.78, 5) is 12.2. The zero-order valence-corrected chi connectivity index (χ0v) is 12.7. The maximum atomic E-state index is 12.2. The Labute approximate surface area is 126 Å². The van der Waals surface area contributed by atoms with Gasteiger partial charge >= 0.3 is 6.03 Å². The molecule has 4 heteroatoms. The molecule has 0 radical (unpaired) electrons. The molecule has 0 fully saturated rings. The van der Waals surface area contributed by atoms with Gasteiger partial charge in [0.1, 0.15) is 0 Å². The maximum absolute atomic E-state index is 12.2. The molecule has 1 aliphatic rings. The van der Waals surface area contributed by atoms with Gasteiger partial charge in [-0.05, 0) is 30.4 Å². The number of carbonyl (C=O) groups is 1. The molecule has 0 aromatic heterocycles. The number of benzene rings is 1. The van der Waals surface area contributed by atoms with Crippen molar-refractivity contribution < 1.29 is 9.90 Å². The molecule has 2 atom stereocenters. The van der Waals surface area contributed by atoms with E-state index in [1.807, 2.05) is 30.4 Å². The van der Waals surface area contributed by atoms with Gasteiger partial charge in [0.25, 0.3) is 0 Å². The standard InChI is InChI=1S/C17H24N2O2/c1-3-13-6-5-7-14(4-2)16(13)19-17(21)18-15-9-8-12(10-15)11-20/h5-9,12,15,20H,3-4,10-11H2,1-2H3,(H2,18,19,21)/t12-,15+/m0/s1. The van der Waals surface area contributed by atoms with Crippen molar-refractivity contribution in [3.63, 3.8) is 0 Å². The number of carbonyl (C=O) groups excluding carboxylic acids is 1. The summed E-state index contributed by atoms with van der Waals surface area (Å²) in [7, 11) is 0. The number of para-hydroxylation sites is 1. The summed E-state index contributed by atoms with van der Waals surface area (Å²) in [6.07, 6.45) is 6.45. The Morgan fingerprint density at radius 3 is 2.43 bits per heavy atom. The molecule has 0 unspecified atom stereocenters. The molecule has 1 aromatic rings. The van der Waals surface area contributed by atoms with Crippen molar-refractivity contribution >= 4 is 11.7 Å². The first-order chi connectivity index (χ1) is 10.2. The lowest BCUT2D eigenvalue weighted by molar-refractivity contribution is 0.238. The lowest BCUT2D eigenvalue weighted by Crippen LogP contribution is -2.36. The molecule has 2 amide bonds. The van der Waals surface area contributed by atoms with Gasteiger partial charge in [0.05, 0.1) is 0 Å². The second-order valence-corrected chi connectivity index (χ2v) is 5.43. The Bertz CT molecular complexity index is 503. The number of aryl methyl sites for hydroxylation is 2. The van der Waals surface area contributed by atoms with Gasteiger partial charge < -0.3 is 15.7 Å². The van der Waals surface area contributed by atoms with E-state index in [4.69, 9.17) is 5.11 Å². The summed E-state index contributed by atoms with van der Waals surface area (Å²) >= 11 is 0. The van der Waals surface area contributed by atoms with E-state index in [0.717, 1.165) is 36.1 Å². The van der Waals surface area contributed by atoms with Gasteiger partial charge in [0.2, 0.25) is 0 Å². The SMILES string of the molecule is CCc1cccc(CC)c1NC(=O)N[C@@H]1C=C[C@H](CO)C1. The average molecular weight is 288 g/mol. The smallest absolute Gasteiger partial charge is 0.319 e. The van der Waals surface area contributed by atoms with Crippen molar-refractivity contribution in [3.05, 3.63) is 41.5 Å². The van der Waals surface area contributed by atoms with Crippen molar-refractivity contribution in [2.24, 2.45) is 5.92 Å². The highest BCUT2D eigenvalue weighted by molar-refractivity contribution is 5.91. The Hall–Kier alpha value is -1.81. The fraction of sp³-hybridized carbons (Fsp3) is 0.471. The van der Waals surface area contributed by atoms with E-state index in [0.29, 0.717) is 0 Å². The molecule has 0 saturated carbocycles. The second kappa shape index (κ2) is 7.27. The van der Waals surface area contributed by atoms with Crippen molar-refractivity contribution in [1.29, 1.82) is 0 Å². The number of hydrogen-bond acceptors (Lipinski definition) is 2. The number of anilines is 1. The molecule has 114 valence electrons. The topological polar surface area (TPSA) is 61.4 Å². The minimum atomic E-state index is -0.182. The number of aliphatic hydroxyl groups is 1. The van der Waals surface area contributed by atoms with Crippen molar-refractivity contribution in [1.82, 2.24) is 5.32 Å². The first kappa shape index (κ1) is 15.6. The van der Waals surface area contributed by atoms with Crippen LogP contribution in [0, 0.1) is 5.92 Å². The molecule has 0 heterocycles. The molecule has 1 aromatic carbocycles. The predicted molar refractivity (Wildman–Crippen MR) is 85.5 cm³/mol. The summed E-state index contributed by atoms with van der Waals surface area (Å²) in [6.45, 7) is 4.31. The Morgan fingerprint density at radius 1 is 1.24 bits per heavy atom. The van der Waals surface area contributed by atoms with Crippen LogP contribution in [-0.2, 0) is 12.8 Å². The largest absolute Gasteiger partial charge is 0.396 e. The third-order valence-corrected chi connectivity index (χ3v) is 3.96. The van der Waals surface area contributed by atoms with Crippen molar-refractivity contribution in [2.75, 3.05) is 11.9 Å². The highest BCUT2D eigenvalue weighted by Gasteiger charge is 2.20. The van der Waals surface area contributed by atoms with Crippen LogP contribution < -0.4 is 10.6 Å². The van der Waals surface area contributed by atoms with Gasteiger partial charge in [-0.3, -0.25) is 0 Å². The lowest BCUT2D eigenvalue weighted by atomic mass is 10.0. The number of rotatable bonds is 5. The highest BCUT2D eigenvalue weighted by atomic mass is 16.3. The first-order valence-corrected chi connectivity index (χ1v) is 7.65. The van der Waals surface area contributed by atoms with Crippen LogP contribution in [0.3, 0.4) is 0 Å². The number of nitrogens with one attached hydrogen (secondary N) is 2. The van der Waals surface area contributed by atoms with E-state index in [-0.39, 0.29) is 24.6 Å². The monoisotopic (exact) mass is 288 g/mol. The fourth-order valence-corrected chi connectivity index (χ4v) is 2.74. The maximum Gasteiger partial charge on any atom is 0.319 e. The molecule has 21 heavy (non-hydrogen) atoms. The van der Waals surface area contributed by atoms with Gasteiger partial charge in [-0.25, -0.2) is 4.79 Å². The number of aliphatic hydroxyl groups excluding tert-OH is 1. The van der Waals surface area contributed by atoms with Gasteiger partial charge in [-0.1, -0.05) is 44.2 Å².